The van der Waals surface area contributed by atoms with E-state index in [1.165, 1.54) is 22.6 Å². The number of thioether (sulfide) groups is 1. The number of benzene rings is 1. The standard InChI is InChI=1S/C23H23BrN4S/c1-14-12-17(16(3)28(14)20-10-5-4-8-18(20)24)22-21(19-9-6-7-11-25-19)26-23-27(22)13-15(2)29-23/h4-12,15,21-22H,13H2,1-3H3/t15-,21+,22-/m1/s1. The summed E-state index contributed by atoms with van der Waals surface area (Å²) in [6, 6.07) is 17.1. The molecule has 0 aliphatic carbocycles. The Morgan fingerprint density at radius 3 is 2.66 bits per heavy atom. The zero-order chi connectivity index (χ0) is 20.1. The molecule has 3 aromatic rings. The monoisotopic (exact) mass is 466 g/mol. The van der Waals surface area contributed by atoms with Crippen LogP contribution >= 0.6 is 27.7 Å². The van der Waals surface area contributed by atoms with E-state index in [0.717, 1.165) is 21.9 Å². The molecule has 1 fully saturated rings. The normalized spacial score (nSPS) is 23.4. The second-order valence-corrected chi connectivity index (χ2v) is 10.0. The molecule has 148 valence electrons. The molecule has 4 heterocycles. The van der Waals surface area contributed by atoms with Crippen LogP contribution in [0.3, 0.4) is 0 Å². The Labute approximate surface area is 184 Å². The number of aryl methyl sites for hydroxylation is 1. The van der Waals surface area contributed by atoms with Gasteiger partial charge in [0.1, 0.15) is 6.04 Å². The fourth-order valence-corrected chi connectivity index (χ4v) is 6.10. The van der Waals surface area contributed by atoms with Crippen molar-refractivity contribution in [2.75, 3.05) is 6.54 Å². The third kappa shape index (κ3) is 3.13. The number of pyridine rings is 1. The van der Waals surface area contributed by atoms with E-state index < -0.39 is 0 Å². The highest BCUT2D eigenvalue weighted by Crippen LogP contribution is 2.49. The van der Waals surface area contributed by atoms with Gasteiger partial charge in [-0.1, -0.05) is 36.9 Å². The lowest BCUT2D eigenvalue weighted by Gasteiger charge is -2.27. The zero-order valence-corrected chi connectivity index (χ0v) is 19.1. The topological polar surface area (TPSA) is 33.4 Å². The maximum absolute atomic E-state index is 5.12. The Balaban J connectivity index is 1.64. The molecule has 2 aliphatic rings. The fourth-order valence-electron chi connectivity index (χ4n) is 4.54. The van der Waals surface area contributed by atoms with E-state index in [-0.39, 0.29) is 12.1 Å². The van der Waals surface area contributed by atoms with Gasteiger partial charge in [-0.05, 0) is 65.7 Å². The summed E-state index contributed by atoms with van der Waals surface area (Å²) < 4.78 is 3.45. The lowest BCUT2D eigenvalue weighted by Crippen LogP contribution is -2.28. The van der Waals surface area contributed by atoms with Crippen LogP contribution in [-0.4, -0.2) is 31.4 Å². The van der Waals surface area contributed by atoms with Crippen molar-refractivity contribution < 1.29 is 0 Å². The van der Waals surface area contributed by atoms with Gasteiger partial charge in [-0.3, -0.25) is 9.98 Å². The molecule has 2 aromatic heterocycles. The predicted molar refractivity (Wildman–Crippen MR) is 124 cm³/mol. The highest BCUT2D eigenvalue weighted by molar-refractivity contribution is 9.10. The van der Waals surface area contributed by atoms with Gasteiger partial charge in [-0.2, -0.15) is 0 Å². The average molecular weight is 467 g/mol. The lowest BCUT2D eigenvalue weighted by atomic mass is 9.96. The van der Waals surface area contributed by atoms with E-state index in [2.05, 4.69) is 93.6 Å². The smallest absolute Gasteiger partial charge is 0.160 e. The van der Waals surface area contributed by atoms with Crippen molar-refractivity contribution in [1.29, 1.82) is 0 Å². The molecule has 0 N–H and O–H groups in total. The molecule has 1 aromatic carbocycles. The summed E-state index contributed by atoms with van der Waals surface area (Å²) in [6.07, 6.45) is 1.87. The SMILES string of the molecule is Cc1cc([C@@H]2[C@H](c3ccccn3)N=C3S[C@H](C)CN32)c(C)n1-c1ccccc1Br. The quantitative estimate of drug-likeness (QED) is 0.485. The number of amidine groups is 1. The van der Waals surface area contributed by atoms with Gasteiger partial charge >= 0.3 is 0 Å². The number of para-hydroxylation sites is 1. The molecule has 0 bridgehead atoms. The second-order valence-electron chi connectivity index (χ2n) is 7.75. The minimum absolute atomic E-state index is 0.0272. The highest BCUT2D eigenvalue weighted by atomic mass is 79.9. The molecule has 0 radical (unpaired) electrons. The van der Waals surface area contributed by atoms with Crippen molar-refractivity contribution in [2.45, 2.75) is 38.1 Å². The maximum Gasteiger partial charge on any atom is 0.160 e. The first-order chi connectivity index (χ1) is 14.0. The molecular weight excluding hydrogens is 444 g/mol. The molecule has 2 aliphatic heterocycles. The van der Waals surface area contributed by atoms with E-state index in [9.17, 15) is 0 Å². The van der Waals surface area contributed by atoms with Crippen molar-refractivity contribution in [3.63, 3.8) is 0 Å². The molecule has 1 saturated heterocycles. The van der Waals surface area contributed by atoms with Crippen LogP contribution in [0.4, 0.5) is 0 Å². The number of hydrogen-bond acceptors (Lipinski definition) is 4. The largest absolute Gasteiger partial charge is 0.341 e. The number of hydrogen-bond donors (Lipinski definition) is 0. The van der Waals surface area contributed by atoms with Crippen LogP contribution in [0.1, 0.15) is 41.7 Å². The summed E-state index contributed by atoms with van der Waals surface area (Å²) >= 11 is 5.61. The number of halogens is 1. The molecule has 0 spiro atoms. The average Bonchev–Trinajstić information content (AvgIpc) is 3.33. The summed E-state index contributed by atoms with van der Waals surface area (Å²) in [7, 11) is 0. The lowest BCUT2D eigenvalue weighted by molar-refractivity contribution is 0.320. The molecule has 4 nitrogen and oxygen atoms in total. The van der Waals surface area contributed by atoms with E-state index in [4.69, 9.17) is 4.99 Å². The fraction of sp³-hybridized carbons (Fsp3) is 0.304. The summed E-state index contributed by atoms with van der Waals surface area (Å²) in [5.41, 5.74) is 6.05. The first kappa shape index (κ1) is 18.9. The molecule has 0 amide bonds. The van der Waals surface area contributed by atoms with E-state index in [1.807, 2.05) is 24.0 Å². The Bertz CT molecular complexity index is 1090. The molecule has 0 saturated carbocycles. The summed E-state index contributed by atoms with van der Waals surface area (Å²) in [6.45, 7) is 7.71. The van der Waals surface area contributed by atoms with Gasteiger partial charge in [0.05, 0.1) is 17.4 Å². The molecular formula is C23H23BrN4S. The van der Waals surface area contributed by atoms with E-state index in [0.29, 0.717) is 5.25 Å². The summed E-state index contributed by atoms with van der Waals surface area (Å²) in [5.74, 6) is 0. The molecule has 0 unspecified atom stereocenters. The van der Waals surface area contributed by atoms with Gasteiger partial charge < -0.3 is 9.47 Å². The van der Waals surface area contributed by atoms with Crippen molar-refractivity contribution in [3.8, 4) is 5.69 Å². The van der Waals surface area contributed by atoms with Crippen molar-refractivity contribution in [1.82, 2.24) is 14.5 Å². The van der Waals surface area contributed by atoms with Gasteiger partial charge in [-0.25, -0.2) is 0 Å². The van der Waals surface area contributed by atoms with Gasteiger partial charge in [0.25, 0.3) is 0 Å². The number of fused-ring (bicyclic) bond motifs is 1. The number of nitrogens with zero attached hydrogens (tertiary/aromatic N) is 4. The third-order valence-electron chi connectivity index (χ3n) is 5.76. The van der Waals surface area contributed by atoms with E-state index in [1.54, 1.807) is 0 Å². The first-order valence-corrected chi connectivity index (χ1v) is 11.6. The van der Waals surface area contributed by atoms with Gasteiger partial charge in [0, 0.05) is 33.9 Å². The van der Waals surface area contributed by atoms with Crippen LogP contribution in [0, 0.1) is 13.8 Å². The summed E-state index contributed by atoms with van der Waals surface area (Å²) in [4.78, 5) is 12.3. The molecule has 29 heavy (non-hydrogen) atoms. The number of rotatable bonds is 3. The van der Waals surface area contributed by atoms with Crippen LogP contribution < -0.4 is 0 Å². The number of aliphatic imine (C=N–C) groups is 1. The van der Waals surface area contributed by atoms with Crippen molar-refractivity contribution in [3.05, 3.63) is 81.8 Å². The van der Waals surface area contributed by atoms with Crippen LogP contribution in [0.25, 0.3) is 5.69 Å². The minimum atomic E-state index is 0.0272. The van der Waals surface area contributed by atoms with Crippen molar-refractivity contribution in [2.24, 2.45) is 4.99 Å². The van der Waals surface area contributed by atoms with E-state index >= 15 is 0 Å². The van der Waals surface area contributed by atoms with Crippen LogP contribution in [0.5, 0.6) is 0 Å². The Morgan fingerprint density at radius 1 is 1.10 bits per heavy atom. The van der Waals surface area contributed by atoms with Crippen LogP contribution in [0.2, 0.25) is 0 Å². The molecule has 6 heteroatoms. The Morgan fingerprint density at radius 2 is 1.90 bits per heavy atom. The van der Waals surface area contributed by atoms with Crippen LogP contribution in [0.15, 0.2) is 64.2 Å². The highest BCUT2D eigenvalue weighted by Gasteiger charge is 2.44. The van der Waals surface area contributed by atoms with Gasteiger partial charge in [-0.15, -0.1) is 0 Å². The third-order valence-corrected chi connectivity index (χ3v) is 7.54. The van der Waals surface area contributed by atoms with Crippen LogP contribution in [-0.2, 0) is 0 Å². The van der Waals surface area contributed by atoms with Gasteiger partial charge in [0.2, 0.25) is 0 Å². The Kier molecular flexibility index (Phi) is 4.79. The maximum atomic E-state index is 5.12. The molecule has 3 atom stereocenters. The first-order valence-electron chi connectivity index (χ1n) is 9.90. The predicted octanol–water partition coefficient (Wildman–Crippen LogP) is 5.84. The van der Waals surface area contributed by atoms with Gasteiger partial charge in [0.15, 0.2) is 5.17 Å². The minimum Gasteiger partial charge on any atom is -0.341 e. The summed E-state index contributed by atoms with van der Waals surface area (Å²) in [5, 5.41) is 1.72. The second kappa shape index (κ2) is 7.33. The zero-order valence-electron chi connectivity index (χ0n) is 16.7. The molecule has 5 rings (SSSR count). The van der Waals surface area contributed by atoms with Crippen molar-refractivity contribution >= 4 is 32.9 Å². The number of aromatic nitrogens is 2. The Hall–Kier alpha value is -2.05.